The number of rotatable bonds is 4. The van der Waals surface area contributed by atoms with Crippen LogP contribution in [0.15, 0.2) is 59.6 Å². The Morgan fingerprint density at radius 3 is 2.43 bits per heavy atom. The van der Waals surface area contributed by atoms with Gasteiger partial charge >= 0.3 is 0 Å². The van der Waals surface area contributed by atoms with Gasteiger partial charge in [0.25, 0.3) is 10.0 Å². The number of benzene rings is 2. The lowest BCUT2D eigenvalue weighted by atomic mass is 10.1. The first-order chi connectivity index (χ1) is 10.9. The van der Waals surface area contributed by atoms with Crippen LogP contribution in [-0.4, -0.2) is 31.4 Å². The van der Waals surface area contributed by atoms with Crippen molar-refractivity contribution in [1.29, 1.82) is 0 Å². The van der Waals surface area contributed by atoms with Gasteiger partial charge in [0, 0.05) is 18.1 Å². The SMILES string of the molecule is Cc1ccccc1S(=O)(=O)n1ccc2c(CN(C)C)cccc21. The molecule has 1 aromatic heterocycles. The number of hydrogen-bond acceptors (Lipinski definition) is 3. The molecule has 4 nitrogen and oxygen atoms in total. The molecule has 0 bridgehead atoms. The van der Waals surface area contributed by atoms with E-state index >= 15 is 0 Å². The van der Waals surface area contributed by atoms with Gasteiger partial charge in [-0.2, -0.15) is 0 Å². The van der Waals surface area contributed by atoms with E-state index in [2.05, 4.69) is 4.90 Å². The molecule has 0 aliphatic heterocycles. The number of fused-ring (bicyclic) bond motifs is 1. The fourth-order valence-electron chi connectivity index (χ4n) is 2.85. The summed E-state index contributed by atoms with van der Waals surface area (Å²) in [6.45, 7) is 2.59. The zero-order valence-electron chi connectivity index (χ0n) is 13.5. The van der Waals surface area contributed by atoms with Gasteiger partial charge in [-0.25, -0.2) is 12.4 Å². The second-order valence-electron chi connectivity index (χ2n) is 5.97. The highest BCUT2D eigenvalue weighted by atomic mass is 32.2. The molecule has 0 aliphatic carbocycles. The van der Waals surface area contributed by atoms with E-state index in [1.54, 1.807) is 18.3 Å². The lowest BCUT2D eigenvalue weighted by Gasteiger charge is -2.12. The molecule has 23 heavy (non-hydrogen) atoms. The molecule has 0 radical (unpaired) electrons. The van der Waals surface area contributed by atoms with Crippen LogP contribution in [0.2, 0.25) is 0 Å². The van der Waals surface area contributed by atoms with Gasteiger partial charge in [-0.05, 0) is 50.3 Å². The fourth-order valence-corrected chi connectivity index (χ4v) is 4.42. The van der Waals surface area contributed by atoms with Crippen molar-refractivity contribution in [3.05, 3.63) is 65.9 Å². The van der Waals surface area contributed by atoms with Crippen LogP contribution in [0.4, 0.5) is 0 Å². The molecule has 120 valence electrons. The monoisotopic (exact) mass is 328 g/mol. The van der Waals surface area contributed by atoms with E-state index < -0.39 is 10.0 Å². The summed E-state index contributed by atoms with van der Waals surface area (Å²) in [6, 6.07) is 14.7. The van der Waals surface area contributed by atoms with E-state index in [1.165, 1.54) is 3.97 Å². The molecular weight excluding hydrogens is 308 g/mol. The number of nitrogens with zero attached hydrogens (tertiary/aromatic N) is 2. The highest BCUT2D eigenvalue weighted by Gasteiger charge is 2.21. The third kappa shape index (κ3) is 2.78. The average molecular weight is 328 g/mol. The van der Waals surface area contributed by atoms with Crippen molar-refractivity contribution < 1.29 is 8.42 Å². The first kappa shape index (κ1) is 15.8. The molecule has 3 rings (SSSR count). The fraction of sp³-hybridized carbons (Fsp3) is 0.222. The normalized spacial score (nSPS) is 12.2. The molecule has 0 saturated carbocycles. The molecule has 0 saturated heterocycles. The second-order valence-corrected chi connectivity index (χ2v) is 7.75. The average Bonchev–Trinajstić information content (AvgIpc) is 2.92. The Balaban J connectivity index is 2.20. The molecule has 0 N–H and O–H groups in total. The van der Waals surface area contributed by atoms with E-state index in [-0.39, 0.29) is 0 Å². The molecule has 5 heteroatoms. The van der Waals surface area contributed by atoms with Crippen LogP contribution < -0.4 is 0 Å². The molecule has 0 fully saturated rings. The van der Waals surface area contributed by atoms with Crippen molar-refractivity contribution in [2.45, 2.75) is 18.4 Å². The van der Waals surface area contributed by atoms with E-state index in [1.807, 2.05) is 57.4 Å². The van der Waals surface area contributed by atoms with Crippen LogP contribution in [-0.2, 0) is 16.6 Å². The summed E-state index contributed by atoms with van der Waals surface area (Å²) >= 11 is 0. The zero-order chi connectivity index (χ0) is 16.6. The standard InChI is InChI=1S/C18H20N2O2S/c1-14-7-4-5-10-18(14)23(21,22)20-12-11-16-15(13-19(2)3)8-6-9-17(16)20/h4-12H,13H2,1-3H3. The van der Waals surface area contributed by atoms with Crippen molar-refractivity contribution in [3.8, 4) is 0 Å². The summed E-state index contributed by atoms with van der Waals surface area (Å²) < 4.78 is 27.4. The van der Waals surface area contributed by atoms with Crippen LogP contribution in [0.1, 0.15) is 11.1 Å². The van der Waals surface area contributed by atoms with Gasteiger partial charge in [-0.3, -0.25) is 0 Å². The zero-order valence-corrected chi connectivity index (χ0v) is 14.3. The Morgan fingerprint density at radius 2 is 1.74 bits per heavy atom. The Kier molecular flexibility index (Phi) is 4.00. The molecular formula is C18H20N2O2S. The van der Waals surface area contributed by atoms with Crippen molar-refractivity contribution in [2.75, 3.05) is 14.1 Å². The van der Waals surface area contributed by atoms with Gasteiger partial charge in [-0.15, -0.1) is 0 Å². The number of aromatic nitrogens is 1. The Morgan fingerprint density at radius 1 is 1.00 bits per heavy atom. The summed E-state index contributed by atoms with van der Waals surface area (Å²) in [5.41, 5.74) is 2.58. The maximum Gasteiger partial charge on any atom is 0.268 e. The lowest BCUT2D eigenvalue weighted by Crippen LogP contribution is -2.13. The third-order valence-electron chi connectivity index (χ3n) is 3.90. The molecule has 1 heterocycles. The van der Waals surface area contributed by atoms with Gasteiger partial charge in [0.1, 0.15) is 0 Å². The molecule has 2 aromatic carbocycles. The minimum atomic E-state index is -3.60. The van der Waals surface area contributed by atoms with Gasteiger partial charge < -0.3 is 4.90 Å². The first-order valence-electron chi connectivity index (χ1n) is 7.46. The molecule has 0 amide bonds. The van der Waals surface area contributed by atoms with Crippen LogP contribution in [0, 0.1) is 6.92 Å². The van der Waals surface area contributed by atoms with Gasteiger partial charge in [0.05, 0.1) is 10.4 Å². The summed E-state index contributed by atoms with van der Waals surface area (Å²) in [7, 11) is 0.405. The van der Waals surface area contributed by atoms with E-state index in [4.69, 9.17) is 0 Å². The lowest BCUT2D eigenvalue weighted by molar-refractivity contribution is 0.404. The number of aryl methyl sites for hydroxylation is 1. The first-order valence-corrected chi connectivity index (χ1v) is 8.90. The van der Waals surface area contributed by atoms with Crippen molar-refractivity contribution >= 4 is 20.9 Å². The predicted octanol–water partition coefficient (Wildman–Crippen LogP) is 3.25. The highest BCUT2D eigenvalue weighted by Crippen LogP contribution is 2.26. The minimum Gasteiger partial charge on any atom is -0.305 e. The molecule has 0 aliphatic rings. The van der Waals surface area contributed by atoms with Gasteiger partial charge in [0.15, 0.2) is 0 Å². The van der Waals surface area contributed by atoms with Gasteiger partial charge in [0.2, 0.25) is 0 Å². The van der Waals surface area contributed by atoms with Gasteiger partial charge in [-0.1, -0.05) is 30.3 Å². The smallest absolute Gasteiger partial charge is 0.268 e. The Hall–Kier alpha value is -2.11. The van der Waals surface area contributed by atoms with Crippen LogP contribution in [0.25, 0.3) is 10.9 Å². The van der Waals surface area contributed by atoms with Crippen molar-refractivity contribution in [2.24, 2.45) is 0 Å². The molecule has 0 unspecified atom stereocenters. The van der Waals surface area contributed by atoms with E-state index in [0.717, 1.165) is 23.1 Å². The molecule has 0 spiro atoms. The maximum absolute atomic E-state index is 13.0. The minimum absolute atomic E-state index is 0.343. The largest absolute Gasteiger partial charge is 0.305 e. The van der Waals surface area contributed by atoms with Crippen LogP contribution in [0.5, 0.6) is 0 Å². The van der Waals surface area contributed by atoms with E-state index in [9.17, 15) is 8.42 Å². The van der Waals surface area contributed by atoms with E-state index in [0.29, 0.717) is 10.4 Å². The van der Waals surface area contributed by atoms with Crippen LogP contribution in [0.3, 0.4) is 0 Å². The third-order valence-corrected chi connectivity index (χ3v) is 5.75. The topological polar surface area (TPSA) is 42.3 Å². The number of hydrogen-bond donors (Lipinski definition) is 0. The van der Waals surface area contributed by atoms with Crippen molar-refractivity contribution in [3.63, 3.8) is 0 Å². The summed E-state index contributed by atoms with van der Waals surface area (Å²) in [6.07, 6.45) is 1.64. The summed E-state index contributed by atoms with van der Waals surface area (Å²) in [5.74, 6) is 0. The second kappa shape index (κ2) is 5.83. The Bertz CT molecular complexity index is 956. The molecule has 0 atom stereocenters. The Labute approximate surface area is 137 Å². The van der Waals surface area contributed by atoms with Crippen LogP contribution >= 0.6 is 0 Å². The molecule has 3 aromatic rings. The summed E-state index contributed by atoms with van der Waals surface area (Å²) in [4.78, 5) is 2.41. The van der Waals surface area contributed by atoms with Crippen molar-refractivity contribution in [1.82, 2.24) is 8.87 Å². The quantitative estimate of drug-likeness (QED) is 0.738. The highest BCUT2D eigenvalue weighted by molar-refractivity contribution is 7.90. The maximum atomic E-state index is 13.0. The predicted molar refractivity (Wildman–Crippen MR) is 93.1 cm³/mol. The summed E-state index contributed by atoms with van der Waals surface area (Å²) in [5, 5.41) is 0.971.